The van der Waals surface area contributed by atoms with Gasteiger partial charge in [-0.1, -0.05) is 22.0 Å². The van der Waals surface area contributed by atoms with Gasteiger partial charge in [0.25, 0.3) is 5.91 Å². The maximum absolute atomic E-state index is 12.8. The summed E-state index contributed by atoms with van der Waals surface area (Å²) in [5, 5.41) is 0. The van der Waals surface area contributed by atoms with E-state index in [0.717, 1.165) is 35.1 Å². The zero-order valence-electron chi connectivity index (χ0n) is 12.1. The quantitative estimate of drug-likeness (QED) is 0.786. The van der Waals surface area contributed by atoms with Gasteiger partial charge in [0, 0.05) is 35.2 Å². The van der Waals surface area contributed by atoms with Gasteiger partial charge in [-0.05, 0) is 50.9 Å². The lowest BCUT2D eigenvalue weighted by Gasteiger charge is -2.26. The first-order valence-electron chi connectivity index (χ1n) is 7.34. The van der Waals surface area contributed by atoms with E-state index >= 15 is 0 Å². The molecule has 108 valence electrons. The van der Waals surface area contributed by atoms with Gasteiger partial charge in [0.05, 0.1) is 0 Å². The highest BCUT2D eigenvalue weighted by Crippen LogP contribution is 2.29. The molecule has 2 unspecified atom stereocenters. The molecule has 1 aromatic carbocycles. The van der Waals surface area contributed by atoms with E-state index in [2.05, 4.69) is 32.8 Å². The minimum absolute atomic E-state index is 0.185. The van der Waals surface area contributed by atoms with Crippen molar-refractivity contribution >= 4 is 21.8 Å². The second-order valence-corrected chi connectivity index (χ2v) is 6.86. The van der Waals surface area contributed by atoms with Gasteiger partial charge in [-0.25, -0.2) is 0 Å². The first kappa shape index (κ1) is 14.1. The standard InChI is InChI=1S/C16H21BrN2O/c1-11-14(4-3-5-15(11)17)16(20)19-9-8-12-6-7-13(10-19)18(12)2/h3-5,12-13H,6-10H2,1-2H3. The summed E-state index contributed by atoms with van der Waals surface area (Å²) in [6.07, 6.45) is 3.62. The van der Waals surface area contributed by atoms with Gasteiger partial charge in [-0.2, -0.15) is 0 Å². The van der Waals surface area contributed by atoms with Crippen LogP contribution in [0.15, 0.2) is 22.7 Å². The van der Waals surface area contributed by atoms with Crippen LogP contribution in [0.2, 0.25) is 0 Å². The van der Waals surface area contributed by atoms with Crippen molar-refractivity contribution < 1.29 is 4.79 Å². The Labute approximate surface area is 129 Å². The van der Waals surface area contributed by atoms with Gasteiger partial charge in [0.1, 0.15) is 0 Å². The molecule has 0 aliphatic carbocycles. The molecule has 2 aliphatic rings. The molecule has 3 rings (SSSR count). The number of likely N-dealkylation sites (tertiary alicyclic amines) is 1. The topological polar surface area (TPSA) is 23.6 Å². The number of likely N-dealkylation sites (N-methyl/N-ethyl adjacent to an activating group) is 1. The summed E-state index contributed by atoms with van der Waals surface area (Å²) in [6.45, 7) is 3.77. The molecule has 1 amide bonds. The van der Waals surface area contributed by atoms with Crippen LogP contribution < -0.4 is 0 Å². The lowest BCUT2D eigenvalue weighted by molar-refractivity contribution is 0.0739. The highest BCUT2D eigenvalue weighted by atomic mass is 79.9. The Bertz CT molecular complexity index is 531. The lowest BCUT2D eigenvalue weighted by atomic mass is 10.0. The van der Waals surface area contributed by atoms with Crippen LogP contribution in [-0.2, 0) is 0 Å². The zero-order chi connectivity index (χ0) is 14.3. The molecule has 0 saturated carbocycles. The van der Waals surface area contributed by atoms with Crippen LogP contribution in [-0.4, -0.2) is 47.9 Å². The number of halogens is 1. The lowest BCUT2D eigenvalue weighted by Crippen LogP contribution is -2.39. The highest BCUT2D eigenvalue weighted by molar-refractivity contribution is 9.10. The van der Waals surface area contributed by atoms with Crippen molar-refractivity contribution in [1.82, 2.24) is 9.80 Å². The summed E-state index contributed by atoms with van der Waals surface area (Å²) in [5.74, 6) is 0.185. The van der Waals surface area contributed by atoms with Crippen LogP contribution in [0.4, 0.5) is 0 Å². The maximum Gasteiger partial charge on any atom is 0.254 e. The van der Waals surface area contributed by atoms with Crippen molar-refractivity contribution in [2.45, 2.75) is 38.3 Å². The van der Waals surface area contributed by atoms with E-state index in [1.807, 2.05) is 25.1 Å². The van der Waals surface area contributed by atoms with Crippen molar-refractivity contribution in [1.29, 1.82) is 0 Å². The summed E-state index contributed by atoms with van der Waals surface area (Å²) in [6, 6.07) is 7.08. The minimum atomic E-state index is 0.185. The van der Waals surface area contributed by atoms with E-state index in [4.69, 9.17) is 0 Å². The van der Waals surface area contributed by atoms with Crippen LogP contribution in [0, 0.1) is 6.92 Å². The molecule has 1 aromatic rings. The van der Waals surface area contributed by atoms with Gasteiger partial charge in [-0.15, -0.1) is 0 Å². The summed E-state index contributed by atoms with van der Waals surface area (Å²) in [5.41, 5.74) is 1.88. The molecule has 2 saturated heterocycles. The van der Waals surface area contributed by atoms with E-state index < -0.39 is 0 Å². The maximum atomic E-state index is 12.8. The fourth-order valence-corrected chi connectivity index (χ4v) is 3.87. The van der Waals surface area contributed by atoms with Crippen molar-refractivity contribution in [2.24, 2.45) is 0 Å². The molecule has 2 atom stereocenters. The molecule has 2 bridgehead atoms. The van der Waals surface area contributed by atoms with Crippen molar-refractivity contribution in [3.05, 3.63) is 33.8 Å². The number of amides is 1. The third-order valence-corrected chi connectivity index (χ3v) is 5.79. The summed E-state index contributed by atoms with van der Waals surface area (Å²) < 4.78 is 1.01. The molecule has 2 aliphatic heterocycles. The average molecular weight is 337 g/mol. The molecule has 2 fully saturated rings. The SMILES string of the molecule is Cc1c(Br)cccc1C(=O)N1CCC2CCC(C1)N2C. The van der Waals surface area contributed by atoms with Crippen LogP contribution in [0.25, 0.3) is 0 Å². The first-order valence-corrected chi connectivity index (χ1v) is 8.13. The molecular formula is C16H21BrN2O. The molecule has 20 heavy (non-hydrogen) atoms. The van der Waals surface area contributed by atoms with Gasteiger partial charge in [0.15, 0.2) is 0 Å². The van der Waals surface area contributed by atoms with Gasteiger partial charge >= 0.3 is 0 Å². The third-order valence-electron chi connectivity index (χ3n) is 4.93. The largest absolute Gasteiger partial charge is 0.337 e. The predicted molar refractivity (Wildman–Crippen MR) is 84.0 cm³/mol. The average Bonchev–Trinajstić information content (AvgIpc) is 2.66. The van der Waals surface area contributed by atoms with Crippen molar-refractivity contribution in [3.63, 3.8) is 0 Å². The van der Waals surface area contributed by atoms with E-state index in [-0.39, 0.29) is 5.91 Å². The predicted octanol–water partition coefficient (Wildman–Crippen LogP) is 3.07. The molecule has 0 spiro atoms. The minimum Gasteiger partial charge on any atom is -0.337 e. The third kappa shape index (κ3) is 2.40. The Morgan fingerprint density at radius 2 is 2.00 bits per heavy atom. The number of hydrogen-bond donors (Lipinski definition) is 0. The second-order valence-electron chi connectivity index (χ2n) is 6.00. The Morgan fingerprint density at radius 1 is 1.25 bits per heavy atom. The number of nitrogens with zero attached hydrogens (tertiary/aromatic N) is 2. The Hall–Kier alpha value is -0.870. The molecule has 4 heteroatoms. The van der Waals surface area contributed by atoms with Crippen molar-refractivity contribution in [2.75, 3.05) is 20.1 Å². The molecule has 2 heterocycles. The Balaban J connectivity index is 1.82. The molecule has 0 radical (unpaired) electrons. The number of benzene rings is 1. The Morgan fingerprint density at radius 3 is 2.80 bits per heavy atom. The van der Waals surface area contributed by atoms with Gasteiger partial charge in [0.2, 0.25) is 0 Å². The van der Waals surface area contributed by atoms with E-state index in [1.165, 1.54) is 12.8 Å². The smallest absolute Gasteiger partial charge is 0.254 e. The fraction of sp³-hybridized carbons (Fsp3) is 0.562. The number of carbonyl (C=O) groups is 1. The summed E-state index contributed by atoms with van der Waals surface area (Å²) >= 11 is 3.52. The zero-order valence-corrected chi connectivity index (χ0v) is 13.7. The van der Waals surface area contributed by atoms with Crippen LogP contribution >= 0.6 is 15.9 Å². The van der Waals surface area contributed by atoms with E-state index in [0.29, 0.717) is 12.1 Å². The normalized spacial score (nSPS) is 26.6. The monoisotopic (exact) mass is 336 g/mol. The summed E-state index contributed by atoms with van der Waals surface area (Å²) in [7, 11) is 2.21. The molecule has 0 aromatic heterocycles. The number of fused-ring (bicyclic) bond motifs is 2. The van der Waals surface area contributed by atoms with Crippen molar-refractivity contribution in [3.8, 4) is 0 Å². The van der Waals surface area contributed by atoms with E-state index in [9.17, 15) is 4.79 Å². The number of hydrogen-bond acceptors (Lipinski definition) is 2. The second kappa shape index (κ2) is 5.49. The molecular weight excluding hydrogens is 316 g/mol. The highest BCUT2D eigenvalue weighted by Gasteiger charge is 2.36. The number of rotatable bonds is 1. The van der Waals surface area contributed by atoms with Gasteiger partial charge in [-0.3, -0.25) is 9.69 Å². The molecule has 3 nitrogen and oxygen atoms in total. The molecule has 0 N–H and O–H groups in total. The van der Waals surface area contributed by atoms with Crippen LogP contribution in [0.3, 0.4) is 0 Å². The van der Waals surface area contributed by atoms with E-state index in [1.54, 1.807) is 0 Å². The number of carbonyl (C=O) groups excluding carboxylic acids is 1. The summed E-state index contributed by atoms with van der Waals surface area (Å²) in [4.78, 5) is 17.3. The Kier molecular flexibility index (Phi) is 3.87. The fourth-order valence-electron chi connectivity index (χ4n) is 3.50. The van der Waals surface area contributed by atoms with Crippen LogP contribution in [0.1, 0.15) is 35.2 Å². The van der Waals surface area contributed by atoms with Gasteiger partial charge < -0.3 is 4.90 Å². The first-order chi connectivity index (χ1) is 9.58. The van der Waals surface area contributed by atoms with Crippen LogP contribution in [0.5, 0.6) is 0 Å².